The highest BCUT2D eigenvalue weighted by Gasteiger charge is 2.31. The second-order valence-electron chi connectivity index (χ2n) is 5.93. The molecule has 2 atom stereocenters. The van der Waals surface area contributed by atoms with Crippen molar-refractivity contribution in [3.8, 4) is 0 Å². The summed E-state index contributed by atoms with van der Waals surface area (Å²) in [5.41, 5.74) is 6.11. The van der Waals surface area contributed by atoms with Gasteiger partial charge in [0.25, 0.3) is 0 Å². The van der Waals surface area contributed by atoms with E-state index < -0.39 is 11.7 Å². The van der Waals surface area contributed by atoms with Crippen LogP contribution >= 0.6 is 0 Å². The second-order valence-corrected chi connectivity index (χ2v) is 5.93. The van der Waals surface area contributed by atoms with E-state index in [9.17, 15) is 18.0 Å². The molecular formula is C16H21F3N2O2. The summed E-state index contributed by atoms with van der Waals surface area (Å²) >= 11 is 0. The minimum absolute atomic E-state index is 0.0614. The molecule has 1 saturated heterocycles. The van der Waals surface area contributed by atoms with E-state index >= 15 is 0 Å². The van der Waals surface area contributed by atoms with Crippen molar-refractivity contribution < 1.29 is 22.7 Å². The van der Waals surface area contributed by atoms with Crippen LogP contribution in [-0.2, 0) is 15.7 Å². The summed E-state index contributed by atoms with van der Waals surface area (Å²) in [6.07, 6.45) is -2.54. The molecule has 0 bridgehead atoms. The molecule has 2 unspecified atom stereocenters. The topological polar surface area (TPSA) is 55.6 Å². The maximum Gasteiger partial charge on any atom is 0.416 e. The Morgan fingerprint density at radius 3 is 2.52 bits per heavy atom. The average Bonchev–Trinajstić information content (AvgIpc) is 2.51. The van der Waals surface area contributed by atoms with Crippen LogP contribution in [0, 0.1) is 5.92 Å². The first kappa shape index (κ1) is 17.6. The molecule has 23 heavy (non-hydrogen) atoms. The first-order chi connectivity index (χ1) is 10.8. The van der Waals surface area contributed by atoms with Crippen LogP contribution in [0.1, 0.15) is 24.8 Å². The Morgan fingerprint density at radius 1 is 1.30 bits per heavy atom. The van der Waals surface area contributed by atoms with Gasteiger partial charge in [-0.15, -0.1) is 0 Å². The lowest BCUT2D eigenvalue weighted by Crippen LogP contribution is -2.47. The first-order valence-electron chi connectivity index (χ1n) is 7.54. The van der Waals surface area contributed by atoms with Gasteiger partial charge in [0.2, 0.25) is 0 Å². The summed E-state index contributed by atoms with van der Waals surface area (Å²) in [4.78, 5) is 13.2. The van der Waals surface area contributed by atoms with Gasteiger partial charge < -0.3 is 15.4 Å². The minimum Gasteiger partial charge on any atom is -0.469 e. The lowest BCUT2D eigenvalue weighted by Gasteiger charge is -2.38. The molecule has 1 heterocycles. The first-order valence-corrected chi connectivity index (χ1v) is 7.54. The Morgan fingerprint density at radius 2 is 1.96 bits per heavy atom. The molecule has 1 fully saturated rings. The number of nitrogens with two attached hydrogens (primary N) is 1. The zero-order valence-electron chi connectivity index (χ0n) is 13.0. The van der Waals surface area contributed by atoms with Crippen LogP contribution in [0.5, 0.6) is 0 Å². The fourth-order valence-corrected chi connectivity index (χ4v) is 2.95. The van der Waals surface area contributed by atoms with Crippen LogP contribution in [0.2, 0.25) is 0 Å². The number of anilines is 1. The summed E-state index contributed by atoms with van der Waals surface area (Å²) in [5.74, 6) is -0.0367. The summed E-state index contributed by atoms with van der Waals surface area (Å²) in [6.45, 7) is 1.27. The average molecular weight is 330 g/mol. The Labute approximate surface area is 133 Å². The minimum atomic E-state index is -4.33. The van der Waals surface area contributed by atoms with Crippen molar-refractivity contribution in [3.05, 3.63) is 29.8 Å². The molecule has 0 aromatic heterocycles. The van der Waals surface area contributed by atoms with E-state index in [1.165, 1.54) is 19.2 Å². The van der Waals surface area contributed by atoms with Gasteiger partial charge in [-0.3, -0.25) is 4.79 Å². The highest BCUT2D eigenvalue weighted by molar-refractivity contribution is 5.69. The van der Waals surface area contributed by atoms with Gasteiger partial charge >= 0.3 is 12.1 Å². The summed E-state index contributed by atoms with van der Waals surface area (Å²) in [5, 5.41) is 0. The van der Waals surface area contributed by atoms with Gasteiger partial charge in [0.15, 0.2) is 0 Å². The van der Waals surface area contributed by atoms with Gasteiger partial charge in [-0.2, -0.15) is 13.2 Å². The van der Waals surface area contributed by atoms with Crippen molar-refractivity contribution in [2.24, 2.45) is 11.7 Å². The van der Waals surface area contributed by atoms with Gasteiger partial charge in [-0.25, -0.2) is 0 Å². The molecule has 0 saturated carbocycles. The molecule has 1 aliphatic rings. The van der Waals surface area contributed by atoms with E-state index in [2.05, 4.69) is 4.74 Å². The summed E-state index contributed by atoms with van der Waals surface area (Å²) in [7, 11) is 1.35. The smallest absolute Gasteiger partial charge is 0.416 e. The molecule has 0 amide bonds. The number of hydrogen-bond acceptors (Lipinski definition) is 4. The van der Waals surface area contributed by atoms with Crippen LogP contribution < -0.4 is 10.6 Å². The maximum atomic E-state index is 12.6. The third-order valence-electron chi connectivity index (χ3n) is 4.11. The van der Waals surface area contributed by atoms with E-state index in [4.69, 9.17) is 5.73 Å². The number of rotatable bonds is 4. The molecule has 2 N–H and O–H groups in total. The standard InChI is InChI=1S/C16H21F3N2O2/c1-23-15(22)7-2-11-8-13(20)10-21(9-11)14-5-3-12(4-6-14)16(17,18)19/h3-6,11,13H,2,7-10,20H2,1H3. The van der Waals surface area contributed by atoms with Crippen LogP contribution in [0.25, 0.3) is 0 Å². The zero-order valence-corrected chi connectivity index (χ0v) is 13.0. The molecule has 1 aliphatic heterocycles. The maximum absolute atomic E-state index is 12.6. The third-order valence-corrected chi connectivity index (χ3v) is 4.11. The van der Waals surface area contributed by atoms with Gasteiger partial charge in [-0.05, 0) is 43.0 Å². The number of hydrogen-bond donors (Lipinski definition) is 1. The van der Waals surface area contributed by atoms with Crippen molar-refractivity contribution in [2.45, 2.75) is 31.5 Å². The SMILES string of the molecule is COC(=O)CCC1CC(N)CN(c2ccc(C(F)(F)F)cc2)C1. The molecular weight excluding hydrogens is 309 g/mol. The Balaban J connectivity index is 2.02. The number of benzene rings is 1. The quantitative estimate of drug-likeness (QED) is 0.863. The number of esters is 1. The number of carbonyl (C=O) groups excluding carboxylic acids is 1. The Bertz CT molecular complexity index is 531. The second kappa shape index (κ2) is 7.21. The molecule has 128 valence electrons. The van der Waals surface area contributed by atoms with Gasteiger partial charge in [0, 0.05) is 31.2 Å². The lowest BCUT2D eigenvalue weighted by atomic mass is 9.90. The third kappa shape index (κ3) is 4.86. The van der Waals surface area contributed by atoms with Crippen LogP contribution in [0.4, 0.5) is 18.9 Å². The summed E-state index contributed by atoms with van der Waals surface area (Å²) in [6, 6.07) is 5.04. The van der Waals surface area contributed by atoms with Crippen molar-refractivity contribution in [2.75, 3.05) is 25.1 Å². The van der Waals surface area contributed by atoms with Crippen LogP contribution in [-0.4, -0.2) is 32.2 Å². The monoisotopic (exact) mass is 330 g/mol. The predicted molar refractivity (Wildman–Crippen MR) is 81.0 cm³/mol. The van der Waals surface area contributed by atoms with Crippen molar-refractivity contribution in [1.82, 2.24) is 0 Å². The molecule has 0 radical (unpaired) electrons. The zero-order chi connectivity index (χ0) is 17.0. The Kier molecular flexibility index (Phi) is 5.51. The lowest BCUT2D eigenvalue weighted by molar-refractivity contribution is -0.141. The number of ether oxygens (including phenoxy) is 1. The molecule has 1 aromatic carbocycles. The van der Waals surface area contributed by atoms with Crippen LogP contribution in [0.3, 0.4) is 0 Å². The number of piperidine rings is 1. The highest BCUT2D eigenvalue weighted by atomic mass is 19.4. The van der Waals surface area contributed by atoms with E-state index in [-0.39, 0.29) is 17.9 Å². The highest BCUT2D eigenvalue weighted by Crippen LogP contribution is 2.32. The van der Waals surface area contributed by atoms with E-state index in [1.54, 1.807) is 0 Å². The largest absolute Gasteiger partial charge is 0.469 e. The predicted octanol–water partition coefficient (Wildman–Crippen LogP) is 2.81. The number of alkyl halides is 3. The molecule has 4 nitrogen and oxygen atoms in total. The van der Waals surface area contributed by atoms with Gasteiger partial charge in [0.1, 0.15) is 0 Å². The van der Waals surface area contributed by atoms with Gasteiger partial charge in [0.05, 0.1) is 12.7 Å². The van der Waals surface area contributed by atoms with E-state index in [0.717, 1.165) is 24.2 Å². The van der Waals surface area contributed by atoms with E-state index in [1.807, 2.05) is 4.90 Å². The van der Waals surface area contributed by atoms with E-state index in [0.29, 0.717) is 25.9 Å². The normalized spacial score (nSPS) is 22.0. The molecule has 2 rings (SSSR count). The molecule has 7 heteroatoms. The van der Waals surface area contributed by atoms with Crippen LogP contribution in [0.15, 0.2) is 24.3 Å². The molecule has 0 spiro atoms. The summed E-state index contributed by atoms with van der Waals surface area (Å²) < 4.78 is 42.5. The van der Waals surface area contributed by atoms with Crippen molar-refractivity contribution >= 4 is 11.7 Å². The molecule has 1 aromatic rings. The fraction of sp³-hybridized carbons (Fsp3) is 0.562. The number of halogens is 3. The number of nitrogens with zero attached hydrogens (tertiary/aromatic N) is 1. The fourth-order valence-electron chi connectivity index (χ4n) is 2.95. The Hall–Kier alpha value is -1.76. The molecule has 0 aliphatic carbocycles. The number of carbonyl (C=O) groups is 1. The van der Waals surface area contributed by atoms with Gasteiger partial charge in [-0.1, -0.05) is 0 Å². The van der Waals surface area contributed by atoms with Crippen molar-refractivity contribution in [1.29, 1.82) is 0 Å². The number of methoxy groups -OCH3 is 1. The van der Waals surface area contributed by atoms with Crippen molar-refractivity contribution in [3.63, 3.8) is 0 Å².